The number of carbonyl (C=O) groups is 1. The van der Waals surface area contributed by atoms with Crippen molar-refractivity contribution < 1.29 is 36.2 Å². The Morgan fingerprint density at radius 1 is 1.08 bits per heavy atom. The molecule has 2 aromatic carbocycles. The maximum atomic E-state index is 13.4. The van der Waals surface area contributed by atoms with Gasteiger partial charge in [0.2, 0.25) is 0 Å². The van der Waals surface area contributed by atoms with Gasteiger partial charge in [-0.1, -0.05) is 24.1 Å². The second kappa shape index (κ2) is 7.87. The summed E-state index contributed by atoms with van der Waals surface area (Å²) in [4.78, 5) is 11.0. The molecule has 0 saturated heterocycles. The van der Waals surface area contributed by atoms with Crippen LogP contribution in [0.25, 0.3) is 11.1 Å². The number of hydrogen-bond acceptors (Lipinski definition) is 3. The van der Waals surface area contributed by atoms with Gasteiger partial charge in [0.05, 0.1) is 12.7 Å². The van der Waals surface area contributed by atoms with E-state index < -0.39 is 24.3 Å². The Bertz CT molecular complexity index is 846. The third-order valence-corrected chi connectivity index (χ3v) is 3.21. The highest BCUT2D eigenvalue weighted by Gasteiger charge is 2.34. The maximum absolute atomic E-state index is 13.4. The predicted molar refractivity (Wildman–Crippen MR) is 82.4 cm³/mol. The minimum absolute atomic E-state index is 0.0240. The number of benzene rings is 2. The first-order chi connectivity index (χ1) is 12.2. The predicted octanol–water partition coefficient (Wildman–Crippen LogP) is 4.50. The zero-order valence-electron chi connectivity index (χ0n) is 13.2. The molecular weight excluding hydrogens is 359 g/mol. The van der Waals surface area contributed by atoms with Crippen LogP contribution in [0.1, 0.15) is 11.1 Å². The summed E-state index contributed by atoms with van der Waals surface area (Å²) >= 11 is 0. The maximum Gasteiger partial charge on any atom is 0.417 e. The van der Waals surface area contributed by atoms with E-state index in [1.807, 2.05) is 5.92 Å². The van der Waals surface area contributed by atoms with Gasteiger partial charge in [0.1, 0.15) is 5.75 Å². The highest BCUT2D eigenvalue weighted by molar-refractivity contribution is 5.89. The number of hydrogen-bond donors (Lipinski definition) is 0. The fraction of sp³-hybridized carbons (Fsp3) is 0.167. The lowest BCUT2D eigenvalue weighted by atomic mass is 9.97. The summed E-state index contributed by atoms with van der Waals surface area (Å²) < 4.78 is 72.9. The van der Waals surface area contributed by atoms with Gasteiger partial charge in [-0.3, -0.25) is 0 Å². The second-order valence-corrected chi connectivity index (χ2v) is 4.90. The van der Waals surface area contributed by atoms with Crippen LogP contribution in [0.3, 0.4) is 0 Å². The van der Waals surface area contributed by atoms with E-state index in [0.29, 0.717) is 0 Å². The summed E-state index contributed by atoms with van der Waals surface area (Å²) in [6.45, 7) is -3.03. The molecule has 0 aliphatic carbocycles. The lowest BCUT2D eigenvalue weighted by molar-refractivity contribution is -0.137. The molecular formula is C18H11F5O3. The van der Waals surface area contributed by atoms with Crippen molar-refractivity contribution in [2.75, 3.05) is 7.11 Å². The largest absolute Gasteiger partial charge is 0.459 e. The average molecular weight is 370 g/mol. The van der Waals surface area contributed by atoms with Gasteiger partial charge < -0.3 is 9.47 Å². The van der Waals surface area contributed by atoms with E-state index in [4.69, 9.17) is 0 Å². The molecule has 2 rings (SSSR count). The zero-order chi connectivity index (χ0) is 19.3. The zero-order valence-corrected chi connectivity index (χ0v) is 13.2. The Kier molecular flexibility index (Phi) is 5.82. The number of methoxy groups -OCH3 is 1. The summed E-state index contributed by atoms with van der Waals surface area (Å²) in [5.41, 5.74) is -1.00. The Hall–Kier alpha value is -3.08. The summed E-state index contributed by atoms with van der Waals surface area (Å²) in [6.07, 6.45) is -4.68. The highest BCUT2D eigenvalue weighted by atomic mass is 19.4. The van der Waals surface area contributed by atoms with Crippen molar-refractivity contribution >= 4 is 5.97 Å². The molecule has 2 aromatic rings. The van der Waals surface area contributed by atoms with Gasteiger partial charge in [0, 0.05) is 11.5 Å². The first-order valence-electron chi connectivity index (χ1n) is 7.07. The van der Waals surface area contributed by atoms with E-state index in [9.17, 15) is 26.7 Å². The van der Waals surface area contributed by atoms with Crippen LogP contribution in [0.4, 0.5) is 22.0 Å². The standard InChI is InChI=1S/C18H11F5O3/c1-25-16(24)9-3-11-2-8-14(15(10-11)18(21,22)23)12-4-6-13(7-5-12)26-17(19)20/h2,4-8,10,17H,1H3. The van der Waals surface area contributed by atoms with Gasteiger partial charge in [0.25, 0.3) is 0 Å². The van der Waals surface area contributed by atoms with Crippen molar-refractivity contribution in [2.45, 2.75) is 12.8 Å². The van der Waals surface area contributed by atoms with Gasteiger partial charge in [-0.05, 0) is 35.4 Å². The van der Waals surface area contributed by atoms with Crippen LogP contribution >= 0.6 is 0 Å². The lowest BCUT2D eigenvalue weighted by Gasteiger charge is -2.14. The molecule has 0 heterocycles. The topological polar surface area (TPSA) is 35.5 Å². The van der Waals surface area contributed by atoms with E-state index >= 15 is 0 Å². The smallest absolute Gasteiger partial charge is 0.417 e. The minimum Gasteiger partial charge on any atom is -0.459 e. The molecule has 0 unspecified atom stereocenters. The van der Waals surface area contributed by atoms with Crippen molar-refractivity contribution in [3.63, 3.8) is 0 Å². The van der Waals surface area contributed by atoms with E-state index in [0.717, 1.165) is 25.3 Å². The highest BCUT2D eigenvalue weighted by Crippen LogP contribution is 2.38. The Morgan fingerprint density at radius 2 is 1.73 bits per heavy atom. The van der Waals surface area contributed by atoms with Gasteiger partial charge in [-0.2, -0.15) is 22.0 Å². The molecule has 0 N–H and O–H groups in total. The van der Waals surface area contributed by atoms with Crippen LogP contribution in [0, 0.1) is 11.8 Å². The molecule has 0 aliphatic heterocycles. The number of halogens is 5. The number of esters is 1. The Morgan fingerprint density at radius 3 is 2.27 bits per heavy atom. The first-order valence-corrected chi connectivity index (χ1v) is 7.07. The molecule has 0 aliphatic rings. The van der Waals surface area contributed by atoms with Crippen LogP contribution < -0.4 is 4.74 Å². The monoisotopic (exact) mass is 370 g/mol. The summed E-state index contributed by atoms with van der Waals surface area (Å²) in [7, 11) is 1.10. The molecule has 0 radical (unpaired) electrons. The van der Waals surface area contributed by atoms with Gasteiger partial charge >= 0.3 is 18.8 Å². The van der Waals surface area contributed by atoms with E-state index in [1.165, 1.54) is 24.3 Å². The molecule has 0 fully saturated rings. The first kappa shape index (κ1) is 19.2. The molecule has 8 heteroatoms. The quantitative estimate of drug-likeness (QED) is 0.453. The van der Waals surface area contributed by atoms with Crippen LogP contribution in [0.5, 0.6) is 5.75 Å². The molecule has 26 heavy (non-hydrogen) atoms. The van der Waals surface area contributed by atoms with E-state index in [2.05, 4.69) is 15.4 Å². The molecule has 0 saturated carbocycles. The fourth-order valence-corrected chi connectivity index (χ4v) is 2.10. The van der Waals surface area contributed by atoms with Crippen LogP contribution in [0.2, 0.25) is 0 Å². The van der Waals surface area contributed by atoms with Gasteiger partial charge in [-0.25, -0.2) is 4.79 Å². The Labute approximate surface area is 145 Å². The van der Waals surface area contributed by atoms with Gasteiger partial charge in [-0.15, -0.1) is 0 Å². The number of rotatable bonds is 3. The normalized spacial score (nSPS) is 10.9. The van der Waals surface area contributed by atoms with E-state index in [1.54, 1.807) is 0 Å². The molecule has 0 atom stereocenters. The average Bonchev–Trinajstić information content (AvgIpc) is 2.59. The molecule has 3 nitrogen and oxygen atoms in total. The molecule has 0 aromatic heterocycles. The van der Waals surface area contributed by atoms with E-state index in [-0.39, 0.29) is 22.4 Å². The third-order valence-electron chi connectivity index (χ3n) is 3.21. The summed E-state index contributed by atoms with van der Waals surface area (Å²) in [5, 5.41) is 0. The summed E-state index contributed by atoms with van der Waals surface area (Å²) in [5.74, 6) is 3.29. The van der Waals surface area contributed by atoms with Crippen LogP contribution in [-0.4, -0.2) is 19.7 Å². The Balaban J connectivity index is 2.44. The van der Waals surface area contributed by atoms with Crippen LogP contribution in [-0.2, 0) is 15.7 Å². The van der Waals surface area contributed by atoms with Crippen LogP contribution in [0.15, 0.2) is 42.5 Å². The number of ether oxygens (including phenoxy) is 2. The van der Waals surface area contributed by atoms with Crippen molar-refractivity contribution in [3.05, 3.63) is 53.6 Å². The minimum atomic E-state index is -4.68. The second-order valence-electron chi connectivity index (χ2n) is 4.90. The van der Waals surface area contributed by atoms with Crippen molar-refractivity contribution in [1.82, 2.24) is 0 Å². The van der Waals surface area contributed by atoms with Gasteiger partial charge in [0.15, 0.2) is 0 Å². The molecule has 0 spiro atoms. The molecule has 136 valence electrons. The summed E-state index contributed by atoms with van der Waals surface area (Å²) in [6, 6.07) is 8.06. The van der Waals surface area contributed by atoms with Crippen molar-refractivity contribution in [1.29, 1.82) is 0 Å². The third kappa shape index (κ3) is 4.96. The number of carbonyl (C=O) groups excluding carboxylic acids is 1. The lowest BCUT2D eigenvalue weighted by Crippen LogP contribution is -2.08. The number of alkyl halides is 5. The molecule has 0 amide bonds. The molecule has 0 bridgehead atoms. The van der Waals surface area contributed by atoms with Crippen molar-refractivity contribution in [2.24, 2.45) is 0 Å². The SMILES string of the molecule is COC(=O)C#Cc1ccc(-c2ccc(OC(F)F)cc2)c(C(F)(F)F)c1. The fourth-order valence-electron chi connectivity index (χ4n) is 2.10. The van der Waals surface area contributed by atoms with Crippen molar-refractivity contribution in [3.8, 4) is 28.7 Å².